The summed E-state index contributed by atoms with van der Waals surface area (Å²) >= 11 is 0. The number of hydrogen-bond donors (Lipinski definition) is 2. The molecule has 8 nitrogen and oxygen atoms in total. The van der Waals surface area contributed by atoms with Gasteiger partial charge >= 0.3 is 0 Å². The number of aryl methyl sites for hydroxylation is 1. The third-order valence-corrected chi connectivity index (χ3v) is 5.85. The zero-order chi connectivity index (χ0) is 23.0. The van der Waals surface area contributed by atoms with Crippen molar-refractivity contribution in [3.8, 4) is 11.1 Å². The van der Waals surface area contributed by atoms with E-state index in [0.29, 0.717) is 28.5 Å². The van der Waals surface area contributed by atoms with Crippen molar-refractivity contribution in [3.05, 3.63) is 58.6 Å². The smallest absolute Gasteiger partial charge is 0.253 e. The summed E-state index contributed by atoms with van der Waals surface area (Å²) in [6.07, 6.45) is 3.38. The Kier molecular flexibility index (Phi) is 5.71. The van der Waals surface area contributed by atoms with E-state index in [2.05, 4.69) is 14.9 Å². The summed E-state index contributed by atoms with van der Waals surface area (Å²) in [5.41, 5.74) is 10.7. The Hall–Kier alpha value is -3.65. The van der Waals surface area contributed by atoms with Crippen molar-refractivity contribution in [1.82, 2.24) is 19.4 Å². The molecular formula is C24H28N6O2. The molecule has 0 atom stereocenters. The highest BCUT2D eigenvalue weighted by atomic mass is 16.1. The number of nitrogens with one attached hydrogen (secondary N) is 1. The van der Waals surface area contributed by atoms with Crippen LogP contribution in [-0.4, -0.2) is 59.6 Å². The normalized spacial score (nSPS) is 11.5. The number of carbonyl (C=O) groups is 1. The van der Waals surface area contributed by atoms with Crippen LogP contribution >= 0.6 is 0 Å². The van der Waals surface area contributed by atoms with Crippen LogP contribution in [-0.2, 0) is 6.54 Å². The van der Waals surface area contributed by atoms with Crippen LogP contribution < -0.4 is 16.1 Å². The summed E-state index contributed by atoms with van der Waals surface area (Å²) in [6, 6.07) is 9.40. The lowest BCUT2D eigenvalue weighted by Crippen LogP contribution is -2.30. The number of likely N-dealkylation sites (N-methyl/N-ethyl adjacent to an activating group) is 2. The minimum atomic E-state index is -0.512. The molecular weight excluding hydrogens is 404 g/mol. The molecule has 32 heavy (non-hydrogen) atoms. The van der Waals surface area contributed by atoms with Crippen LogP contribution in [0.3, 0.4) is 0 Å². The second-order valence-electron chi connectivity index (χ2n) is 8.23. The van der Waals surface area contributed by atoms with Crippen molar-refractivity contribution in [3.63, 3.8) is 0 Å². The lowest BCUT2D eigenvalue weighted by atomic mass is 9.97. The molecule has 0 saturated heterocycles. The molecule has 0 bridgehead atoms. The number of rotatable bonds is 7. The lowest BCUT2D eigenvalue weighted by molar-refractivity contribution is 0.100. The van der Waals surface area contributed by atoms with Crippen LogP contribution in [0.1, 0.15) is 17.3 Å². The standard InChI is InChI=1S/C24H28N6O2/c1-5-30-9-8-20(31)17-12-15(6-7-18(17)30)16-13-19(29(4)11-10-28(2)3)21(24(25)32)23-22(16)26-14-27-23/h6-9,12-14H,5,10-11H2,1-4H3,(H2,25,32)(H,26,27). The maximum atomic E-state index is 12.6. The van der Waals surface area contributed by atoms with Gasteiger partial charge in [0.05, 0.1) is 34.1 Å². The summed E-state index contributed by atoms with van der Waals surface area (Å²) in [6.45, 7) is 4.35. The summed E-state index contributed by atoms with van der Waals surface area (Å²) in [4.78, 5) is 36.7. The number of anilines is 1. The quantitative estimate of drug-likeness (QED) is 0.468. The summed E-state index contributed by atoms with van der Waals surface area (Å²) in [5, 5.41) is 0.650. The van der Waals surface area contributed by atoms with Gasteiger partial charge in [-0.05, 0) is 44.8 Å². The van der Waals surface area contributed by atoms with Gasteiger partial charge in [0.15, 0.2) is 5.43 Å². The Labute approximate surface area is 186 Å². The number of primary amides is 1. The fourth-order valence-corrected chi connectivity index (χ4v) is 4.09. The number of hydrogen-bond acceptors (Lipinski definition) is 5. The molecule has 2 aromatic heterocycles. The number of pyridine rings is 1. The first-order valence-electron chi connectivity index (χ1n) is 10.6. The van der Waals surface area contributed by atoms with Crippen LogP contribution in [0.25, 0.3) is 33.1 Å². The van der Waals surface area contributed by atoms with E-state index in [1.807, 2.05) is 68.0 Å². The summed E-state index contributed by atoms with van der Waals surface area (Å²) in [5.74, 6) is -0.512. The van der Waals surface area contributed by atoms with Crippen molar-refractivity contribution in [2.24, 2.45) is 5.73 Å². The van der Waals surface area contributed by atoms with Gasteiger partial charge in [0, 0.05) is 49.9 Å². The third kappa shape index (κ3) is 3.73. The Morgan fingerprint density at radius 3 is 2.62 bits per heavy atom. The predicted octanol–water partition coefficient (Wildman–Crippen LogP) is 2.66. The number of benzene rings is 2. The topological polar surface area (TPSA) is 100 Å². The molecule has 0 aliphatic carbocycles. The highest BCUT2D eigenvalue weighted by molar-refractivity contribution is 6.13. The van der Waals surface area contributed by atoms with Crippen molar-refractivity contribution < 1.29 is 4.79 Å². The van der Waals surface area contributed by atoms with Gasteiger partial charge in [0.2, 0.25) is 0 Å². The molecule has 166 valence electrons. The number of fused-ring (bicyclic) bond motifs is 2. The van der Waals surface area contributed by atoms with E-state index in [1.54, 1.807) is 12.4 Å². The molecule has 4 rings (SSSR count). The highest BCUT2D eigenvalue weighted by Crippen LogP contribution is 2.36. The molecule has 4 aromatic rings. The highest BCUT2D eigenvalue weighted by Gasteiger charge is 2.22. The maximum absolute atomic E-state index is 12.6. The second-order valence-corrected chi connectivity index (χ2v) is 8.23. The van der Waals surface area contributed by atoms with Gasteiger partial charge in [-0.2, -0.15) is 0 Å². The second kappa shape index (κ2) is 8.47. The molecule has 0 unspecified atom stereocenters. The number of imidazole rings is 1. The largest absolute Gasteiger partial charge is 0.373 e. The number of carbonyl (C=O) groups excluding carboxylic acids is 1. The van der Waals surface area contributed by atoms with Gasteiger partial charge in [0.1, 0.15) is 0 Å². The fourth-order valence-electron chi connectivity index (χ4n) is 4.09. The van der Waals surface area contributed by atoms with E-state index >= 15 is 0 Å². The van der Waals surface area contributed by atoms with Crippen LogP contribution in [0.4, 0.5) is 5.69 Å². The van der Waals surface area contributed by atoms with Gasteiger partial charge in [-0.25, -0.2) is 4.98 Å². The zero-order valence-electron chi connectivity index (χ0n) is 18.8. The Balaban J connectivity index is 1.96. The lowest BCUT2D eigenvalue weighted by Gasteiger charge is -2.24. The van der Waals surface area contributed by atoms with Crippen LogP contribution in [0.5, 0.6) is 0 Å². The van der Waals surface area contributed by atoms with E-state index in [1.165, 1.54) is 0 Å². The number of amides is 1. The van der Waals surface area contributed by atoms with Crippen LogP contribution in [0.2, 0.25) is 0 Å². The Bertz CT molecular complexity index is 1370. The number of aromatic amines is 1. The molecule has 0 radical (unpaired) electrons. The number of H-pyrrole nitrogens is 1. The number of nitrogens with zero attached hydrogens (tertiary/aromatic N) is 4. The number of aromatic nitrogens is 3. The first kappa shape index (κ1) is 21.6. The Morgan fingerprint density at radius 1 is 1.16 bits per heavy atom. The predicted molar refractivity (Wildman–Crippen MR) is 129 cm³/mol. The van der Waals surface area contributed by atoms with Crippen molar-refractivity contribution >= 4 is 33.5 Å². The first-order valence-corrected chi connectivity index (χ1v) is 10.6. The van der Waals surface area contributed by atoms with E-state index in [9.17, 15) is 9.59 Å². The van der Waals surface area contributed by atoms with Gasteiger partial charge < -0.3 is 25.1 Å². The number of nitrogens with two attached hydrogens (primary N) is 1. The third-order valence-electron chi connectivity index (χ3n) is 5.85. The van der Waals surface area contributed by atoms with E-state index in [4.69, 9.17) is 5.73 Å². The molecule has 0 spiro atoms. The molecule has 2 aromatic carbocycles. The molecule has 0 fully saturated rings. The first-order chi connectivity index (χ1) is 15.3. The van der Waals surface area contributed by atoms with Crippen molar-refractivity contribution in [1.29, 1.82) is 0 Å². The van der Waals surface area contributed by atoms with E-state index < -0.39 is 5.91 Å². The molecule has 2 heterocycles. The van der Waals surface area contributed by atoms with Crippen molar-refractivity contribution in [2.75, 3.05) is 39.1 Å². The summed E-state index contributed by atoms with van der Waals surface area (Å²) in [7, 11) is 5.95. The van der Waals surface area contributed by atoms with Crippen LogP contribution in [0.15, 0.2) is 47.7 Å². The van der Waals surface area contributed by atoms with Crippen molar-refractivity contribution in [2.45, 2.75) is 13.5 Å². The van der Waals surface area contributed by atoms with Crippen LogP contribution in [0, 0.1) is 0 Å². The SMILES string of the molecule is CCn1ccc(=O)c2cc(-c3cc(N(C)CCN(C)C)c(C(N)=O)c4[nH]cnc34)ccc21. The van der Waals surface area contributed by atoms with Gasteiger partial charge in [0.25, 0.3) is 5.91 Å². The zero-order valence-corrected chi connectivity index (χ0v) is 18.8. The minimum Gasteiger partial charge on any atom is -0.373 e. The molecule has 1 amide bonds. The fraction of sp³-hybridized carbons (Fsp3) is 0.292. The molecule has 0 aliphatic rings. The van der Waals surface area contributed by atoms with E-state index in [0.717, 1.165) is 35.4 Å². The van der Waals surface area contributed by atoms with E-state index in [-0.39, 0.29) is 5.43 Å². The molecule has 8 heteroatoms. The average molecular weight is 433 g/mol. The summed E-state index contributed by atoms with van der Waals surface area (Å²) < 4.78 is 2.04. The van der Waals surface area contributed by atoms with Gasteiger partial charge in [-0.15, -0.1) is 0 Å². The monoisotopic (exact) mass is 432 g/mol. The molecule has 0 saturated carbocycles. The average Bonchev–Trinajstić information content (AvgIpc) is 3.26. The minimum absolute atomic E-state index is 0.0260. The maximum Gasteiger partial charge on any atom is 0.253 e. The van der Waals surface area contributed by atoms with Gasteiger partial charge in [-0.1, -0.05) is 6.07 Å². The van der Waals surface area contributed by atoms with Gasteiger partial charge in [-0.3, -0.25) is 9.59 Å². The molecule has 3 N–H and O–H groups in total. The molecule has 0 aliphatic heterocycles. The Morgan fingerprint density at radius 2 is 1.94 bits per heavy atom.